The molecule has 9 heteroatoms. The van der Waals surface area contributed by atoms with Crippen LogP contribution in [0.4, 0.5) is 9.80 Å². The van der Waals surface area contributed by atoms with Gasteiger partial charge in [-0.1, -0.05) is 30.3 Å². The summed E-state index contributed by atoms with van der Waals surface area (Å²) in [4.78, 5) is 39.3. The number of rotatable bonds is 4. The first-order valence-electron chi connectivity index (χ1n) is 8.91. The number of nitrogens with one attached hydrogen (secondary N) is 2. The first-order valence-corrected chi connectivity index (χ1v) is 9.72. The molecule has 0 bridgehead atoms. The topological polar surface area (TPSA) is 97.0 Å². The molecule has 0 aliphatic carbocycles. The summed E-state index contributed by atoms with van der Waals surface area (Å²) in [6.45, 7) is 2.82. The molecule has 28 heavy (non-hydrogen) atoms. The van der Waals surface area contributed by atoms with Gasteiger partial charge < -0.3 is 20.1 Å². The Bertz CT molecular complexity index is 927. The average molecular weight is 401 g/mol. The van der Waals surface area contributed by atoms with Gasteiger partial charge in [-0.2, -0.15) is 0 Å². The quantitative estimate of drug-likeness (QED) is 0.764. The van der Waals surface area contributed by atoms with E-state index in [0.29, 0.717) is 23.7 Å². The van der Waals surface area contributed by atoms with Crippen molar-refractivity contribution in [2.75, 3.05) is 11.9 Å². The Hall–Kier alpha value is -3.07. The molecule has 2 aromatic rings. The number of hydrogen-bond acceptors (Lipinski definition) is 7. The lowest BCUT2D eigenvalue weighted by molar-refractivity contribution is -0.144. The van der Waals surface area contributed by atoms with Crippen LogP contribution in [0.5, 0.6) is 0 Å². The highest BCUT2D eigenvalue weighted by Gasteiger charge is 2.38. The van der Waals surface area contributed by atoms with E-state index in [9.17, 15) is 14.4 Å². The highest BCUT2D eigenvalue weighted by atomic mass is 32.1. The van der Waals surface area contributed by atoms with E-state index in [0.717, 1.165) is 16.0 Å². The van der Waals surface area contributed by atoms with Crippen LogP contribution in [0.3, 0.4) is 0 Å². The van der Waals surface area contributed by atoms with Gasteiger partial charge in [0.15, 0.2) is 0 Å². The molecule has 0 saturated carbocycles. The van der Waals surface area contributed by atoms with E-state index in [4.69, 9.17) is 9.47 Å². The van der Waals surface area contributed by atoms with Crippen LogP contribution < -0.4 is 10.6 Å². The number of nitrogens with zero attached hydrogens (tertiary/aromatic N) is 1. The number of hydrogen-bond donors (Lipinski definition) is 2. The van der Waals surface area contributed by atoms with Gasteiger partial charge in [0.05, 0.1) is 25.3 Å². The molecule has 1 aromatic carbocycles. The first kappa shape index (κ1) is 18.3. The molecule has 0 saturated heterocycles. The maximum absolute atomic E-state index is 12.5. The van der Waals surface area contributed by atoms with Gasteiger partial charge in [-0.15, -0.1) is 11.3 Å². The molecule has 1 unspecified atom stereocenters. The van der Waals surface area contributed by atoms with E-state index in [1.165, 1.54) is 11.3 Å². The van der Waals surface area contributed by atoms with Crippen molar-refractivity contribution in [3.8, 4) is 0 Å². The molecule has 2 aliphatic heterocycles. The zero-order valence-corrected chi connectivity index (χ0v) is 16.0. The molecule has 0 spiro atoms. The molecular formula is C19H19N3O5S. The zero-order valence-electron chi connectivity index (χ0n) is 15.2. The van der Waals surface area contributed by atoms with Crippen molar-refractivity contribution >= 4 is 34.3 Å². The molecule has 1 aromatic heterocycles. The molecule has 0 fully saturated rings. The lowest BCUT2D eigenvalue weighted by Crippen LogP contribution is -2.50. The maximum Gasteiger partial charge on any atom is 0.410 e. The van der Waals surface area contributed by atoms with Crippen molar-refractivity contribution in [3.63, 3.8) is 0 Å². The summed E-state index contributed by atoms with van der Waals surface area (Å²) in [5.74, 6) is -0.870. The summed E-state index contributed by atoms with van der Waals surface area (Å²) >= 11 is 1.37. The molecule has 2 aliphatic rings. The Labute approximate surface area is 165 Å². The van der Waals surface area contributed by atoms with Crippen molar-refractivity contribution in [1.82, 2.24) is 10.2 Å². The number of amides is 2. The van der Waals surface area contributed by atoms with Crippen molar-refractivity contribution in [1.29, 1.82) is 0 Å². The van der Waals surface area contributed by atoms with Crippen LogP contribution in [0.1, 0.15) is 33.3 Å². The zero-order chi connectivity index (χ0) is 19.7. The summed E-state index contributed by atoms with van der Waals surface area (Å²) < 4.78 is 10.3. The van der Waals surface area contributed by atoms with E-state index < -0.39 is 18.2 Å². The van der Waals surface area contributed by atoms with Crippen molar-refractivity contribution in [2.24, 2.45) is 0 Å². The molecule has 4 rings (SSSR count). The maximum atomic E-state index is 12.5. The number of thiophene rings is 1. The molecule has 146 valence electrons. The molecule has 1 atom stereocenters. The third-order valence-corrected chi connectivity index (χ3v) is 5.69. The third kappa shape index (κ3) is 3.40. The van der Waals surface area contributed by atoms with E-state index in [2.05, 4.69) is 10.6 Å². The Morgan fingerprint density at radius 1 is 1.18 bits per heavy atom. The lowest BCUT2D eigenvalue weighted by Gasteiger charge is -2.25. The van der Waals surface area contributed by atoms with Crippen LogP contribution in [-0.2, 0) is 34.0 Å². The monoisotopic (exact) mass is 401 g/mol. The highest BCUT2D eigenvalue weighted by molar-refractivity contribution is 7.16. The summed E-state index contributed by atoms with van der Waals surface area (Å²) in [7, 11) is 0. The second-order valence-electron chi connectivity index (χ2n) is 6.41. The largest absolute Gasteiger partial charge is 0.463 e. The first-order chi connectivity index (χ1) is 13.6. The number of anilines is 1. The second kappa shape index (κ2) is 7.51. The predicted molar refractivity (Wildman–Crippen MR) is 102 cm³/mol. The van der Waals surface area contributed by atoms with Crippen molar-refractivity contribution in [2.45, 2.75) is 32.8 Å². The third-order valence-electron chi connectivity index (χ3n) is 4.54. The number of carbonyl (C=O) groups is 3. The standard InChI is InChI=1S/C19H19N3O5S/c1-2-26-18(24)15-20-16(23)14-12-8-22(9-13(12)28-17(14)21-15)19(25)27-10-11-6-4-3-5-7-11/h3-7,15,21H,2,8-10H2,1H3,(H,20,23). The fraction of sp³-hybridized carbons (Fsp3) is 0.316. The fourth-order valence-corrected chi connectivity index (χ4v) is 4.47. The van der Waals surface area contributed by atoms with Crippen LogP contribution in [-0.4, -0.2) is 35.6 Å². The summed E-state index contributed by atoms with van der Waals surface area (Å²) in [6.07, 6.45) is -1.32. The number of fused-ring (bicyclic) bond motifs is 3. The number of ether oxygens (including phenoxy) is 2. The van der Waals surface area contributed by atoms with Gasteiger partial charge in [0, 0.05) is 10.4 Å². The second-order valence-corrected chi connectivity index (χ2v) is 7.51. The summed E-state index contributed by atoms with van der Waals surface area (Å²) in [6, 6.07) is 9.45. The number of benzene rings is 1. The van der Waals surface area contributed by atoms with Crippen LogP contribution in [0.15, 0.2) is 30.3 Å². The Morgan fingerprint density at radius 2 is 1.96 bits per heavy atom. The predicted octanol–water partition coefficient (Wildman–Crippen LogP) is 2.45. The smallest absolute Gasteiger partial charge is 0.410 e. The normalized spacial score (nSPS) is 17.2. The molecule has 3 heterocycles. The van der Waals surface area contributed by atoms with Gasteiger partial charge in [0.25, 0.3) is 5.91 Å². The van der Waals surface area contributed by atoms with Crippen LogP contribution >= 0.6 is 11.3 Å². The Balaban J connectivity index is 1.42. The van der Waals surface area contributed by atoms with E-state index in [1.807, 2.05) is 30.3 Å². The lowest BCUT2D eigenvalue weighted by atomic mass is 10.1. The van der Waals surface area contributed by atoms with Crippen molar-refractivity contribution < 1.29 is 23.9 Å². The van der Waals surface area contributed by atoms with Crippen molar-refractivity contribution in [3.05, 3.63) is 51.9 Å². The minimum absolute atomic E-state index is 0.200. The van der Waals surface area contributed by atoms with Gasteiger partial charge in [-0.25, -0.2) is 9.59 Å². The Morgan fingerprint density at radius 3 is 2.71 bits per heavy atom. The minimum Gasteiger partial charge on any atom is -0.463 e. The van der Waals surface area contributed by atoms with Gasteiger partial charge in [-0.05, 0) is 12.5 Å². The number of carbonyl (C=O) groups excluding carboxylic acids is 3. The molecule has 2 N–H and O–H groups in total. The molecule has 8 nitrogen and oxygen atoms in total. The van der Waals surface area contributed by atoms with E-state index in [-0.39, 0.29) is 19.1 Å². The van der Waals surface area contributed by atoms with Crippen LogP contribution in [0.25, 0.3) is 0 Å². The van der Waals surface area contributed by atoms with Gasteiger partial charge in [0.2, 0.25) is 6.17 Å². The van der Waals surface area contributed by atoms with Crippen LogP contribution in [0.2, 0.25) is 0 Å². The van der Waals surface area contributed by atoms with Gasteiger partial charge in [-0.3, -0.25) is 9.69 Å². The molecule has 2 amide bonds. The van der Waals surface area contributed by atoms with Gasteiger partial charge >= 0.3 is 12.1 Å². The van der Waals surface area contributed by atoms with Gasteiger partial charge in [0.1, 0.15) is 11.6 Å². The SMILES string of the molecule is CCOC(=O)C1NC(=O)c2c(sc3c2CN(C(=O)OCc2ccccc2)C3)N1. The van der Waals surface area contributed by atoms with E-state index >= 15 is 0 Å². The van der Waals surface area contributed by atoms with Crippen LogP contribution in [0, 0.1) is 0 Å². The number of esters is 1. The molecule has 0 radical (unpaired) electrons. The minimum atomic E-state index is -0.898. The summed E-state index contributed by atoms with van der Waals surface area (Å²) in [5.41, 5.74) is 2.19. The molecular weight excluding hydrogens is 382 g/mol. The Kier molecular flexibility index (Phi) is 4.91. The fourth-order valence-electron chi connectivity index (χ4n) is 3.22. The van der Waals surface area contributed by atoms with E-state index in [1.54, 1.807) is 11.8 Å². The highest BCUT2D eigenvalue weighted by Crippen LogP contribution is 2.41. The summed E-state index contributed by atoms with van der Waals surface area (Å²) in [5, 5.41) is 6.25. The average Bonchev–Trinajstić information content (AvgIpc) is 3.24.